The summed E-state index contributed by atoms with van der Waals surface area (Å²) in [7, 11) is 2.95. The van der Waals surface area contributed by atoms with Crippen LogP contribution in [0.15, 0.2) is 0 Å². The fourth-order valence-corrected chi connectivity index (χ4v) is 1.88. The van der Waals surface area contributed by atoms with E-state index in [2.05, 4.69) is 0 Å². The van der Waals surface area contributed by atoms with Crippen LogP contribution in [0.3, 0.4) is 0 Å². The Morgan fingerprint density at radius 2 is 1.38 bits per heavy atom. The van der Waals surface area contributed by atoms with Crippen LogP contribution in [0.1, 0.15) is 32.6 Å². The molecule has 0 fully saturated rings. The first-order chi connectivity index (χ1) is 7.45. The molecule has 0 bridgehead atoms. The molecule has 0 saturated carbocycles. The summed E-state index contributed by atoms with van der Waals surface area (Å²) in [5.74, 6) is 0.271. The first-order valence-corrected chi connectivity index (χ1v) is 5.18. The highest BCUT2D eigenvalue weighted by atomic mass is 16.5. The summed E-state index contributed by atoms with van der Waals surface area (Å²) in [6, 6.07) is 0. The Labute approximate surface area is 96.4 Å². The van der Waals surface area contributed by atoms with Gasteiger partial charge in [0.1, 0.15) is 11.3 Å². The molecule has 0 heterocycles. The molecule has 0 amide bonds. The number of carbonyl (C=O) groups is 1. The second-order valence-electron chi connectivity index (χ2n) is 3.90. The van der Waals surface area contributed by atoms with E-state index in [0.717, 1.165) is 22.3 Å². The van der Waals surface area contributed by atoms with E-state index in [0.29, 0.717) is 11.3 Å². The van der Waals surface area contributed by atoms with Gasteiger partial charge in [0.25, 0.3) is 0 Å². The van der Waals surface area contributed by atoms with Crippen LogP contribution in [0, 0.1) is 27.7 Å². The lowest BCUT2D eigenvalue weighted by Crippen LogP contribution is -2.10. The van der Waals surface area contributed by atoms with Crippen molar-refractivity contribution >= 4 is 5.97 Å². The summed E-state index contributed by atoms with van der Waals surface area (Å²) in [5, 5.41) is 0. The molecule has 0 radical (unpaired) electrons. The summed E-state index contributed by atoms with van der Waals surface area (Å²) in [5.41, 5.74) is 4.71. The number of hydrogen-bond acceptors (Lipinski definition) is 3. The molecule has 1 rings (SSSR count). The number of carbonyl (C=O) groups excluding carboxylic acids is 1. The Kier molecular flexibility index (Phi) is 3.58. The summed E-state index contributed by atoms with van der Waals surface area (Å²) < 4.78 is 10.1. The summed E-state index contributed by atoms with van der Waals surface area (Å²) in [4.78, 5) is 11.7. The van der Waals surface area contributed by atoms with Crippen LogP contribution in [0.5, 0.6) is 5.75 Å². The number of hydrogen-bond donors (Lipinski definition) is 0. The monoisotopic (exact) mass is 222 g/mol. The molecular formula is C13H18O3. The highest BCUT2D eigenvalue weighted by molar-refractivity contribution is 5.95. The van der Waals surface area contributed by atoms with E-state index in [4.69, 9.17) is 9.47 Å². The molecule has 0 aliphatic heterocycles. The zero-order valence-corrected chi connectivity index (χ0v) is 10.7. The van der Waals surface area contributed by atoms with Crippen molar-refractivity contribution in [3.63, 3.8) is 0 Å². The largest absolute Gasteiger partial charge is 0.496 e. The van der Waals surface area contributed by atoms with Gasteiger partial charge in [0, 0.05) is 0 Å². The average molecular weight is 222 g/mol. The van der Waals surface area contributed by atoms with Gasteiger partial charge in [-0.2, -0.15) is 0 Å². The van der Waals surface area contributed by atoms with E-state index in [1.54, 1.807) is 7.11 Å². The van der Waals surface area contributed by atoms with Crippen molar-refractivity contribution in [1.29, 1.82) is 0 Å². The second kappa shape index (κ2) is 4.56. The highest BCUT2D eigenvalue weighted by Crippen LogP contribution is 2.32. The third-order valence-corrected chi connectivity index (χ3v) is 3.22. The van der Waals surface area contributed by atoms with Gasteiger partial charge >= 0.3 is 5.97 Å². The Morgan fingerprint density at radius 1 is 0.875 bits per heavy atom. The van der Waals surface area contributed by atoms with Gasteiger partial charge in [-0.15, -0.1) is 0 Å². The van der Waals surface area contributed by atoms with Gasteiger partial charge in [-0.25, -0.2) is 4.79 Å². The Balaban J connectivity index is 3.64. The minimum Gasteiger partial charge on any atom is -0.496 e. The maximum Gasteiger partial charge on any atom is 0.341 e. The minimum atomic E-state index is -0.347. The number of ether oxygens (including phenoxy) is 2. The molecule has 0 atom stereocenters. The molecule has 0 saturated heterocycles. The van der Waals surface area contributed by atoms with E-state index in [1.165, 1.54) is 7.11 Å². The van der Waals surface area contributed by atoms with Crippen molar-refractivity contribution in [2.75, 3.05) is 14.2 Å². The molecular weight excluding hydrogens is 204 g/mol. The molecule has 0 unspecified atom stereocenters. The van der Waals surface area contributed by atoms with E-state index in [-0.39, 0.29) is 5.97 Å². The molecule has 0 aliphatic rings. The van der Waals surface area contributed by atoms with E-state index < -0.39 is 0 Å². The van der Waals surface area contributed by atoms with Crippen LogP contribution >= 0.6 is 0 Å². The highest BCUT2D eigenvalue weighted by Gasteiger charge is 2.21. The topological polar surface area (TPSA) is 35.5 Å². The van der Waals surface area contributed by atoms with Crippen molar-refractivity contribution in [1.82, 2.24) is 0 Å². The molecule has 88 valence electrons. The zero-order valence-electron chi connectivity index (χ0n) is 10.7. The lowest BCUT2D eigenvalue weighted by molar-refractivity contribution is 0.0596. The second-order valence-corrected chi connectivity index (χ2v) is 3.90. The van der Waals surface area contributed by atoms with Crippen LogP contribution in [0.25, 0.3) is 0 Å². The molecule has 0 spiro atoms. The zero-order chi connectivity index (χ0) is 12.5. The van der Waals surface area contributed by atoms with Crippen LogP contribution in [0.4, 0.5) is 0 Å². The fraction of sp³-hybridized carbons (Fsp3) is 0.462. The predicted molar refractivity (Wildman–Crippen MR) is 63.3 cm³/mol. The SMILES string of the molecule is COC(=O)c1c(C)c(C)c(C)c(C)c1OC. The average Bonchev–Trinajstić information content (AvgIpc) is 2.29. The summed E-state index contributed by atoms with van der Waals surface area (Å²) in [6.45, 7) is 7.90. The molecule has 0 N–H and O–H groups in total. The number of benzene rings is 1. The molecule has 3 heteroatoms. The van der Waals surface area contributed by atoms with Crippen LogP contribution in [0.2, 0.25) is 0 Å². The van der Waals surface area contributed by atoms with Crippen molar-refractivity contribution < 1.29 is 14.3 Å². The van der Waals surface area contributed by atoms with Crippen molar-refractivity contribution in [3.05, 3.63) is 27.8 Å². The van der Waals surface area contributed by atoms with Gasteiger partial charge in [-0.3, -0.25) is 0 Å². The fourth-order valence-electron chi connectivity index (χ4n) is 1.88. The van der Waals surface area contributed by atoms with Gasteiger partial charge < -0.3 is 9.47 Å². The van der Waals surface area contributed by atoms with Crippen LogP contribution in [-0.2, 0) is 4.74 Å². The van der Waals surface area contributed by atoms with Gasteiger partial charge in [0.05, 0.1) is 14.2 Å². The van der Waals surface area contributed by atoms with Gasteiger partial charge in [0.2, 0.25) is 0 Å². The normalized spacial score (nSPS) is 10.1. The van der Waals surface area contributed by atoms with Gasteiger partial charge in [0.15, 0.2) is 0 Å². The maximum absolute atomic E-state index is 11.7. The lowest BCUT2D eigenvalue weighted by atomic mass is 9.93. The lowest BCUT2D eigenvalue weighted by Gasteiger charge is -2.17. The quantitative estimate of drug-likeness (QED) is 0.722. The van der Waals surface area contributed by atoms with E-state index in [9.17, 15) is 4.79 Å². The Bertz CT molecular complexity index is 434. The third-order valence-electron chi connectivity index (χ3n) is 3.22. The summed E-state index contributed by atoms with van der Waals surface area (Å²) in [6.07, 6.45) is 0. The van der Waals surface area contributed by atoms with E-state index in [1.807, 2.05) is 27.7 Å². The molecule has 0 aliphatic carbocycles. The molecule has 1 aromatic carbocycles. The number of methoxy groups -OCH3 is 2. The van der Waals surface area contributed by atoms with Gasteiger partial charge in [-0.05, 0) is 49.9 Å². The Morgan fingerprint density at radius 3 is 1.81 bits per heavy atom. The summed E-state index contributed by atoms with van der Waals surface area (Å²) >= 11 is 0. The molecule has 16 heavy (non-hydrogen) atoms. The molecule has 1 aromatic rings. The predicted octanol–water partition coefficient (Wildman–Crippen LogP) is 2.72. The number of esters is 1. The smallest absolute Gasteiger partial charge is 0.341 e. The van der Waals surface area contributed by atoms with Crippen molar-refractivity contribution in [2.45, 2.75) is 27.7 Å². The van der Waals surface area contributed by atoms with Gasteiger partial charge in [-0.1, -0.05) is 0 Å². The van der Waals surface area contributed by atoms with Crippen molar-refractivity contribution in [2.24, 2.45) is 0 Å². The van der Waals surface area contributed by atoms with Crippen molar-refractivity contribution in [3.8, 4) is 5.75 Å². The molecule has 3 nitrogen and oxygen atoms in total. The van der Waals surface area contributed by atoms with Crippen LogP contribution in [-0.4, -0.2) is 20.2 Å². The maximum atomic E-state index is 11.7. The number of rotatable bonds is 2. The first-order valence-electron chi connectivity index (χ1n) is 5.18. The Hall–Kier alpha value is -1.51. The van der Waals surface area contributed by atoms with E-state index >= 15 is 0 Å². The first kappa shape index (κ1) is 12.6. The molecule has 0 aromatic heterocycles. The minimum absolute atomic E-state index is 0.347. The van der Waals surface area contributed by atoms with Crippen LogP contribution < -0.4 is 4.74 Å². The third kappa shape index (κ3) is 1.77. The standard InChI is InChI=1S/C13H18O3/c1-7-8(2)10(4)12(15-5)11(9(7)3)13(14)16-6/h1-6H3.